The van der Waals surface area contributed by atoms with Crippen molar-refractivity contribution < 1.29 is 4.74 Å². The maximum atomic E-state index is 5.53. The fraction of sp³-hybridized carbons (Fsp3) is 0.0667. The summed E-state index contributed by atoms with van der Waals surface area (Å²) in [6, 6.07) is 11.8. The molecule has 0 aliphatic rings. The molecule has 0 saturated carbocycles. The molecule has 1 aromatic carbocycles. The van der Waals surface area contributed by atoms with Gasteiger partial charge in [0, 0.05) is 34.1 Å². The predicted molar refractivity (Wildman–Crippen MR) is 85.9 cm³/mol. The van der Waals surface area contributed by atoms with E-state index in [2.05, 4.69) is 15.3 Å². The molecule has 0 bridgehead atoms. The van der Waals surface area contributed by atoms with Crippen molar-refractivity contribution in [1.82, 2.24) is 9.97 Å². The summed E-state index contributed by atoms with van der Waals surface area (Å²) in [7, 11) is 1.59. The van der Waals surface area contributed by atoms with Gasteiger partial charge in [-0.15, -0.1) is 0 Å². The van der Waals surface area contributed by atoms with Crippen molar-refractivity contribution in [2.75, 3.05) is 12.4 Å². The lowest BCUT2D eigenvalue weighted by molar-refractivity contribution is 0.402. The number of anilines is 2. The van der Waals surface area contributed by atoms with Crippen molar-refractivity contribution in [3.8, 4) is 5.88 Å². The summed E-state index contributed by atoms with van der Waals surface area (Å²) in [5, 5.41) is 9.86. The zero-order valence-electron chi connectivity index (χ0n) is 11.4. The zero-order chi connectivity index (χ0) is 14.7. The highest BCUT2D eigenvalue weighted by atomic mass is 32.2. The molecule has 5 nitrogen and oxygen atoms in total. The molecule has 21 heavy (non-hydrogen) atoms. The largest absolute Gasteiger partial charge is 0.479 e. The van der Waals surface area contributed by atoms with Crippen molar-refractivity contribution in [2.45, 2.75) is 4.90 Å². The third kappa shape index (κ3) is 2.76. The van der Waals surface area contributed by atoms with Crippen LogP contribution in [0, 0.1) is 0 Å². The minimum Gasteiger partial charge on any atom is -0.479 e. The Balaban J connectivity index is 2.00. The molecule has 0 radical (unpaired) electrons. The second-order valence-corrected chi connectivity index (χ2v) is 5.05. The van der Waals surface area contributed by atoms with Gasteiger partial charge in [0.2, 0.25) is 5.88 Å². The number of hydrogen-bond acceptors (Lipinski definition) is 6. The number of benzene rings is 1. The minimum atomic E-state index is 0.519. The molecule has 0 atom stereocenters. The topological polar surface area (TPSA) is 73.1 Å². The summed E-state index contributed by atoms with van der Waals surface area (Å²) in [5.41, 5.74) is 2.67. The summed E-state index contributed by atoms with van der Waals surface area (Å²) in [4.78, 5) is 9.52. The van der Waals surface area contributed by atoms with Gasteiger partial charge in [0.1, 0.15) is 5.52 Å². The Morgan fingerprint density at radius 3 is 2.52 bits per heavy atom. The highest BCUT2D eigenvalue weighted by Crippen LogP contribution is 2.29. The van der Waals surface area contributed by atoms with Crippen LogP contribution >= 0.6 is 11.9 Å². The number of nitrogens with zero attached hydrogens (tertiary/aromatic N) is 2. The van der Waals surface area contributed by atoms with Crippen LogP contribution in [0.25, 0.3) is 10.9 Å². The Kier molecular flexibility index (Phi) is 3.89. The standard InChI is InChI=1S/C15H14N4OS/c1-20-15-14-12(6-8-18-15)13(7-9-17-14)19-10-2-4-11(21-16)5-3-10/h2-9H,16H2,1H3,(H,17,19). The smallest absolute Gasteiger partial charge is 0.240 e. The lowest BCUT2D eigenvalue weighted by Gasteiger charge is -2.11. The Hall–Kier alpha value is -2.31. The van der Waals surface area contributed by atoms with Crippen molar-refractivity contribution in [3.63, 3.8) is 0 Å². The molecule has 6 heteroatoms. The molecule has 0 saturated heterocycles. The average molecular weight is 298 g/mol. The summed E-state index contributed by atoms with van der Waals surface area (Å²) in [5.74, 6) is 0.519. The van der Waals surface area contributed by atoms with Crippen molar-refractivity contribution in [3.05, 3.63) is 48.8 Å². The van der Waals surface area contributed by atoms with Crippen LogP contribution in [0.5, 0.6) is 5.88 Å². The SMILES string of the molecule is COc1nccc2c(Nc3ccc(SN)cc3)ccnc12. The first-order valence-corrected chi connectivity index (χ1v) is 7.21. The summed E-state index contributed by atoms with van der Waals surface area (Å²) in [6.45, 7) is 0. The van der Waals surface area contributed by atoms with E-state index in [1.54, 1.807) is 19.5 Å². The first-order chi connectivity index (χ1) is 10.3. The van der Waals surface area contributed by atoms with Gasteiger partial charge < -0.3 is 10.1 Å². The molecule has 0 aliphatic heterocycles. The number of nitrogens with two attached hydrogens (primary N) is 1. The van der Waals surface area contributed by atoms with Crippen LogP contribution < -0.4 is 15.2 Å². The molecular formula is C15H14N4OS. The van der Waals surface area contributed by atoms with E-state index < -0.39 is 0 Å². The lowest BCUT2D eigenvalue weighted by atomic mass is 10.2. The number of aromatic nitrogens is 2. The van der Waals surface area contributed by atoms with E-state index in [4.69, 9.17) is 9.88 Å². The third-order valence-corrected chi connectivity index (χ3v) is 3.63. The number of rotatable bonds is 4. The van der Waals surface area contributed by atoms with Crippen LogP contribution in [0.3, 0.4) is 0 Å². The monoisotopic (exact) mass is 298 g/mol. The quantitative estimate of drug-likeness (QED) is 0.720. The Bertz CT molecular complexity index is 761. The van der Waals surface area contributed by atoms with Gasteiger partial charge in [-0.25, -0.2) is 4.98 Å². The second-order valence-electron chi connectivity index (χ2n) is 4.34. The molecule has 0 fully saturated rings. The molecule has 3 N–H and O–H groups in total. The van der Waals surface area contributed by atoms with E-state index in [1.165, 1.54) is 11.9 Å². The molecule has 0 aliphatic carbocycles. The fourth-order valence-electron chi connectivity index (χ4n) is 2.08. The number of fused-ring (bicyclic) bond motifs is 1. The van der Waals surface area contributed by atoms with Crippen LogP contribution in [-0.4, -0.2) is 17.1 Å². The van der Waals surface area contributed by atoms with Crippen LogP contribution in [-0.2, 0) is 0 Å². The zero-order valence-corrected chi connectivity index (χ0v) is 12.2. The molecule has 2 heterocycles. The van der Waals surface area contributed by atoms with Crippen molar-refractivity contribution >= 4 is 34.2 Å². The Morgan fingerprint density at radius 2 is 1.81 bits per heavy atom. The van der Waals surface area contributed by atoms with Gasteiger partial charge in [0.05, 0.1) is 7.11 Å². The lowest BCUT2D eigenvalue weighted by Crippen LogP contribution is -1.95. The van der Waals surface area contributed by atoms with Gasteiger partial charge in [-0.3, -0.25) is 10.1 Å². The number of ether oxygens (including phenoxy) is 1. The van der Waals surface area contributed by atoms with E-state index in [0.717, 1.165) is 27.2 Å². The summed E-state index contributed by atoms with van der Waals surface area (Å²) >= 11 is 1.23. The average Bonchev–Trinajstić information content (AvgIpc) is 2.55. The van der Waals surface area contributed by atoms with Gasteiger partial charge in [-0.05, 0) is 48.3 Å². The molecule has 3 rings (SSSR count). The minimum absolute atomic E-state index is 0.519. The predicted octanol–water partition coefficient (Wildman–Crippen LogP) is 3.35. The van der Waals surface area contributed by atoms with Crippen LogP contribution in [0.1, 0.15) is 0 Å². The molecule has 0 amide bonds. The van der Waals surface area contributed by atoms with Crippen molar-refractivity contribution in [2.24, 2.45) is 5.14 Å². The van der Waals surface area contributed by atoms with Gasteiger partial charge in [0.15, 0.2) is 0 Å². The van der Waals surface area contributed by atoms with E-state index in [9.17, 15) is 0 Å². The number of hydrogen-bond donors (Lipinski definition) is 2. The summed E-state index contributed by atoms with van der Waals surface area (Å²) < 4.78 is 5.24. The fourth-order valence-corrected chi connectivity index (χ4v) is 2.38. The van der Waals surface area contributed by atoms with Gasteiger partial charge in [-0.1, -0.05) is 0 Å². The van der Waals surface area contributed by atoms with Crippen LogP contribution in [0.15, 0.2) is 53.7 Å². The normalized spacial score (nSPS) is 10.6. The van der Waals surface area contributed by atoms with E-state index in [1.807, 2.05) is 36.4 Å². The number of methoxy groups -OCH3 is 1. The molecule has 2 aromatic heterocycles. The molecule has 3 aromatic rings. The first-order valence-electron chi connectivity index (χ1n) is 6.33. The van der Waals surface area contributed by atoms with Crippen molar-refractivity contribution in [1.29, 1.82) is 0 Å². The maximum Gasteiger partial charge on any atom is 0.240 e. The molecule has 106 valence electrons. The Morgan fingerprint density at radius 1 is 1.05 bits per heavy atom. The Labute approximate surface area is 126 Å². The molecule has 0 spiro atoms. The second kappa shape index (κ2) is 5.99. The van der Waals surface area contributed by atoms with E-state index in [-0.39, 0.29) is 0 Å². The number of pyridine rings is 2. The van der Waals surface area contributed by atoms with Gasteiger partial charge >= 0.3 is 0 Å². The van der Waals surface area contributed by atoms with E-state index in [0.29, 0.717) is 5.88 Å². The molecule has 0 unspecified atom stereocenters. The van der Waals surface area contributed by atoms with Crippen LogP contribution in [0.2, 0.25) is 0 Å². The number of nitrogens with one attached hydrogen (secondary N) is 1. The third-order valence-electron chi connectivity index (χ3n) is 3.09. The highest BCUT2D eigenvalue weighted by Gasteiger charge is 2.07. The van der Waals surface area contributed by atoms with Gasteiger partial charge in [-0.2, -0.15) is 0 Å². The first kappa shape index (κ1) is 13.7. The van der Waals surface area contributed by atoms with Gasteiger partial charge in [0.25, 0.3) is 0 Å². The summed E-state index contributed by atoms with van der Waals surface area (Å²) in [6.07, 6.45) is 3.45. The van der Waals surface area contributed by atoms with E-state index >= 15 is 0 Å². The maximum absolute atomic E-state index is 5.53. The molecular weight excluding hydrogens is 284 g/mol. The van der Waals surface area contributed by atoms with Crippen LogP contribution in [0.4, 0.5) is 11.4 Å². The highest BCUT2D eigenvalue weighted by molar-refractivity contribution is 7.97.